The minimum atomic E-state index is 0.673. The predicted molar refractivity (Wildman–Crippen MR) is 81.5 cm³/mol. The topological polar surface area (TPSA) is 21.3 Å². The normalized spacial score (nSPS) is 15.4. The second-order valence-corrected chi connectivity index (χ2v) is 5.20. The lowest BCUT2D eigenvalue weighted by Crippen LogP contribution is -2.19. The third kappa shape index (κ3) is 4.10. The smallest absolute Gasteiger partial charge is 0.119 e. The van der Waals surface area contributed by atoms with E-state index >= 15 is 0 Å². The van der Waals surface area contributed by atoms with Crippen molar-refractivity contribution in [1.29, 1.82) is 0 Å². The first kappa shape index (κ1) is 14.1. The van der Waals surface area contributed by atoms with Gasteiger partial charge in [0.2, 0.25) is 0 Å². The van der Waals surface area contributed by atoms with E-state index in [-0.39, 0.29) is 0 Å². The average molecular weight is 259 g/mol. The molecule has 1 aliphatic rings. The maximum atomic E-state index is 5.86. The summed E-state index contributed by atoms with van der Waals surface area (Å²) in [6.07, 6.45) is 5.78. The fraction of sp³-hybridized carbons (Fsp3) is 0.529. The molecule has 0 unspecified atom stereocenters. The van der Waals surface area contributed by atoms with Crippen molar-refractivity contribution in [3.63, 3.8) is 0 Å². The summed E-state index contributed by atoms with van der Waals surface area (Å²) in [6, 6.07) is 8.56. The van der Waals surface area contributed by atoms with Crippen LogP contribution in [-0.2, 0) is 0 Å². The molecule has 1 aromatic rings. The largest absolute Gasteiger partial charge is 0.493 e. The lowest BCUT2D eigenvalue weighted by atomic mass is 10.0. The van der Waals surface area contributed by atoms with Gasteiger partial charge in [0.15, 0.2) is 0 Å². The zero-order chi connectivity index (χ0) is 13.5. The Hall–Kier alpha value is -1.28. The molecule has 2 nitrogen and oxygen atoms in total. The first-order valence-corrected chi connectivity index (χ1v) is 7.46. The number of ether oxygens (including phenoxy) is 1. The van der Waals surface area contributed by atoms with E-state index in [0.29, 0.717) is 5.92 Å². The second kappa shape index (κ2) is 7.34. The maximum Gasteiger partial charge on any atom is 0.119 e. The van der Waals surface area contributed by atoms with E-state index in [0.717, 1.165) is 31.9 Å². The Kier molecular flexibility index (Phi) is 5.46. The fourth-order valence-electron chi connectivity index (χ4n) is 2.39. The molecule has 0 atom stereocenters. The van der Waals surface area contributed by atoms with Crippen LogP contribution >= 0.6 is 0 Å². The van der Waals surface area contributed by atoms with Crippen molar-refractivity contribution >= 4 is 5.57 Å². The van der Waals surface area contributed by atoms with Gasteiger partial charge in [-0.2, -0.15) is 0 Å². The monoisotopic (exact) mass is 259 g/mol. The molecule has 1 aliphatic heterocycles. The quantitative estimate of drug-likeness (QED) is 0.837. The van der Waals surface area contributed by atoms with Gasteiger partial charge in [-0.05, 0) is 42.2 Å². The average Bonchev–Trinajstić information content (AvgIpc) is 2.50. The van der Waals surface area contributed by atoms with E-state index in [2.05, 4.69) is 49.5 Å². The van der Waals surface area contributed by atoms with Crippen LogP contribution < -0.4 is 10.1 Å². The Morgan fingerprint density at radius 2 is 1.89 bits per heavy atom. The van der Waals surface area contributed by atoms with Crippen LogP contribution in [0.4, 0.5) is 0 Å². The van der Waals surface area contributed by atoms with Crippen LogP contribution in [0.15, 0.2) is 30.3 Å². The molecule has 0 fully saturated rings. The van der Waals surface area contributed by atoms with Gasteiger partial charge in [-0.3, -0.25) is 0 Å². The molecule has 1 N–H and O–H groups in total. The first-order chi connectivity index (χ1) is 9.33. The van der Waals surface area contributed by atoms with Crippen molar-refractivity contribution in [2.45, 2.75) is 33.1 Å². The van der Waals surface area contributed by atoms with Crippen LogP contribution in [0.3, 0.4) is 0 Å². The minimum Gasteiger partial charge on any atom is -0.493 e. The van der Waals surface area contributed by atoms with E-state index < -0.39 is 0 Å². The summed E-state index contributed by atoms with van der Waals surface area (Å²) in [7, 11) is 0. The molecule has 1 aromatic carbocycles. The van der Waals surface area contributed by atoms with Crippen molar-refractivity contribution in [1.82, 2.24) is 5.32 Å². The van der Waals surface area contributed by atoms with Gasteiger partial charge < -0.3 is 10.1 Å². The lowest BCUT2D eigenvalue weighted by Gasteiger charge is -2.16. The van der Waals surface area contributed by atoms with Gasteiger partial charge in [-0.25, -0.2) is 0 Å². The molecule has 2 rings (SSSR count). The molecule has 19 heavy (non-hydrogen) atoms. The van der Waals surface area contributed by atoms with E-state index in [1.807, 2.05) is 0 Å². The Morgan fingerprint density at radius 1 is 1.16 bits per heavy atom. The van der Waals surface area contributed by atoms with Gasteiger partial charge in [0, 0.05) is 6.54 Å². The molecule has 0 bridgehead atoms. The summed E-state index contributed by atoms with van der Waals surface area (Å²) in [5.41, 5.74) is 2.78. The summed E-state index contributed by atoms with van der Waals surface area (Å²) < 4.78 is 5.86. The molecule has 0 amide bonds. The zero-order valence-electron chi connectivity index (χ0n) is 12.1. The van der Waals surface area contributed by atoms with E-state index in [1.54, 1.807) is 0 Å². The first-order valence-electron chi connectivity index (χ1n) is 7.46. The molecule has 0 radical (unpaired) electrons. The highest BCUT2D eigenvalue weighted by molar-refractivity contribution is 5.67. The highest BCUT2D eigenvalue weighted by Crippen LogP contribution is 2.23. The van der Waals surface area contributed by atoms with Crippen LogP contribution in [-0.4, -0.2) is 19.7 Å². The van der Waals surface area contributed by atoms with Gasteiger partial charge in [-0.1, -0.05) is 44.9 Å². The molecule has 1 heterocycles. The molecular formula is C17H25NO. The van der Waals surface area contributed by atoms with Crippen LogP contribution in [0.2, 0.25) is 0 Å². The minimum absolute atomic E-state index is 0.673. The summed E-state index contributed by atoms with van der Waals surface area (Å²) in [4.78, 5) is 0. The zero-order valence-corrected chi connectivity index (χ0v) is 12.1. The maximum absolute atomic E-state index is 5.86. The number of benzene rings is 1. The third-order valence-corrected chi connectivity index (χ3v) is 3.93. The molecule has 2 heteroatoms. The highest BCUT2D eigenvalue weighted by atomic mass is 16.5. The standard InChI is InChI=1S/C17H25NO/c1-3-14(4-2)13-19-17-7-5-15(6-8-17)16-9-11-18-12-10-16/h5-9,14,18H,3-4,10-13H2,1-2H3. The summed E-state index contributed by atoms with van der Waals surface area (Å²) in [6.45, 7) is 7.36. The van der Waals surface area contributed by atoms with E-state index in [9.17, 15) is 0 Å². The van der Waals surface area contributed by atoms with Gasteiger partial charge in [0.25, 0.3) is 0 Å². The van der Waals surface area contributed by atoms with Crippen LogP contribution in [0.1, 0.15) is 38.7 Å². The molecular weight excluding hydrogens is 234 g/mol. The molecule has 0 aliphatic carbocycles. The molecule has 0 saturated carbocycles. The number of hydrogen-bond acceptors (Lipinski definition) is 2. The Labute approximate surface area is 116 Å². The van der Waals surface area contributed by atoms with Crippen molar-refractivity contribution in [3.8, 4) is 5.75 Å². The number of rotatable bonds is 6. The fourth-order valence-corrected chi connectivity index (χ4v) is 2.39. The van der Waals surface area contributed by atoms with Gasteiger partial charge in [-0.15, -0.1) is 0 Å². The van der Waals surface area contributed by atoms with E-state index in [4.69, 9.17) is 4.74 Å². The molecule has 0 aromatic heterocycles. The van der Waals surface area contributed by atoms with Crippen LogP contribution in [0.5, 0.6) is 5.75 Å². The van der Waals surface area contributed by atoms with Crippen molar-refractivity contribution in [2.24, 2.45) is 5.92 Å². The number of nitrogens with one attached hydrogen (secondary N) is 1. The van der Waals surface area contributed by atoms with Crippen molar-refractivity contribution in [2.75, 3.05) is 19.7 Å². The Balaban J connectivity index is 1.92. The summed E-state index contributed by atoms with van der Waals surface area (Å²) in [5.74, 6) is 1.66. The summed E-state index contributed by atoms with van der Waals surface area (Å²) >= 11 is 0. The third-order valence-electron chi connectivity index (χ3n) is 3.93. The molecule has 0 saturated heterocycles. The van der Waals surface area contributed by atoms with E-state index in [1.165, 1.54) is 24.0 Å². The van der Waals surface area contributed by atoms with Crippen molar-refractivity contribution in [3.05, 3.63) is 35.9 Å². The highest BCUT2D eigenvalue weighted by Gasteiger charge is 2.07. The van der Waals surface area contributed by atoms with Gasteiger partial charge in [0.1, 0.15) is 5.75 Å². The second-order valence-electron chi connectivity index (χ2n) is 5.20. The summed E-state index contributed by atoms with van der Waals surface area (Å²) in [5, 5.41) is 3.34. The number of hydrogen-bond donors (Lipinski definition) is 1. The lowest BCUT2D eigenvalue weighted by molar-refractivity contribution is 0.240. The van der Waals surface area contributed by atoms with Gasteiger partial charge >= 0.3 is 0 Å². The SMILES string of the molecule is CCC(CC)COc1ccc(C2=CCNCC2)cc1. The Morgan fingerprint density at radius 3 is 2.47 bits per heavy atom. The van der Waals surface area contributed by atoms with Gasteiger partial charge in [0.05, 0.1) is 6.61 Å². The van der Waals surface area contributed by atoms with Crippen LogP contribution in [0.25, 0.3) is 5.57 Å². The molecule has 0 spiro atoms. The molecule has 104 valence electrons. The van der Waals surface area contributed by atoms with Crippen molar-refractivity contribution < 1.29 is 4.74 Å². The predicted octanol–water partition coefficient (Wildman–Crippen LogP) is 3.88. The van der Waals surface area contributed by atoms with Crippen LogP contribution in [0, 0.1) is 5.92 Å². The Bertz CT molecular complexity index is 404.